The Bertz CT molecular complexity index is 339. The molecule has 0 saturated carbocycles. The Morgan fingerprint density at radius 1 is 1.38 bits per heavy atom. The van der Waals surface area contributed by atoms with Crippen LogP contribution >= 0.6 is 15.9 Å². The van der Waals surface area contributed by atoms with Gasteiger partial charge in [0.25, 0.3) is 0 Å². The zero-order valence-corrected chi connectivity index (χ0v) is 11.2. The summed E-state index contributed by atoms with van der Waals surface area (Å²) in [5.41, 5.74) is 0. The highest BCUT2D eigenvalue weighted by Crippen LogP contribution is 2.13. The Hall–Kier alpha value is -0.680. The Balaban J connectivity index is 1.85. The molecule has 1 fully saturated rings. The minimum atomic E-state index is 0.838. The van der Waals surface area contributed by atoms with E-state index in [1.165, 1.54) is 25.9 Å². The molecule has 0 spiro atoms. The van der Waals surface area contributed by atoms with Gasteiger partial charge in [0.05, 0.1) is 0 Å². The molecule has 2 rings (SSSR count). The number of nitrogens with zero attached hydrogens (tertiary/aromatic N) is 4. The highest BCUT2D eigenvalue weighted by molar-refractivity contribution is 9.10. The lowest BCUT2D eigenvalue weighted by molar-refractivity contribution is 0.346. The molecular formula is C11H17BrN4. The van der Waals surface area contributed by atoms with Crippen molar-refractivity contribution in [3.8, 4) is 0 Å². The van der Waals surface area contributed by atoms with Gasteiger partial charge in [-0.05, 0) is 41.9 Å². The van der Waals surface area contributed by atoms with E-state index in [0.717, 1.165) is 23.5 Å². The second-order valence-corrected chi connectivity index (χ2v) is 4.98. The molecule has 4 nitrogen and oxygen atoms in total. The van der Waals surface area contributed by atoms with Crippen molar-refractivity contribution in [3.63, 3.8) is 0 Å². The molecule has 0 aromatic carbocycles. The SMILES string of the molecule is CN(CCN1CCCC1)c1cc(Br)ncn1. The van der Waals surface area contributed by atoms with Crippen molar-refractivity contribution in [1.82, 2.24) is 14.9 Å². The van der Waals surface area contributed by atoms with E-state index in [4.69, 9.17) is 0 Å². The Labute approximate surface area is 105 Å². The van der Waals surface area contributed by atoms with E-state index in [1.807, 2.05) is 6.07 Å². The zero-order chi connectivity index (χ0) is 11.4. The molecule has 1 saturated heterocycles. The molecule has 0 atom stereocenters. The molecular weight excluding hydrogens is 268 g/mol. The molecule has 2 heterocycles. The van der Waals surface area contributed by atoms with Crippen molar-refractivity contribution in [3.05, 3.63) is 17.0 Å². The van der Waals surface area contributed by atoms with E-state index in [0.29, 0.717) is 0 Å². The summed E-state index contributed by atoms with van der Waals surface area (Å²) in [6.07, 6.45) is 4.29. The van der Waals surface area contributed by atoms with Gasteiger partial charge in [0.15, 0.2) is 0 Å². The first-order chi connectivity index (χ1) is 7.75. The third-order valence-electron chi connectivity index (χ3n) is 2.96. The first-order valence-corrected chi connectivity index (χ1v) is 6.46. The summed E-state index contributed by atoms with van der Waals surface area (Å²) in [4.78, 5) is 13.0. The fraction of sp³-hybridized carbons (Fsp3) is 0.636. The van der Waals surface area contributed by atoms with Gasteiger partial charge >= 0.3 is 0 Å². The molecule has 1 aromatic rings. The van der Waals surface area contributed by atoms with E-state index < -0.39 is 0 Å². The first-order valence-electron chi connectivity index (χ1n) is 5.67. The molecule has 0 N–H and O–H groups in total. The monoisotopic (exact) mass is 284 g/mol. The van der Waals surface area contributed by atoms with Gasteiger partial charge in [-0.25, -0.2) is 9.97 Å². The normalized spacial score (nSPS) is 16.6. The summed E-state index contributed by atoms with van der Waals surface area (Å²) >= 11 is 3.36. The molecule has 0 aliphatic carbocycles. The van der Waals surface area contributed by atoms with Crippen molar-refractivity contribution in [2.75, 3.05) is 38.1 Å². The predicted molar refractivity (Wildman–Crippen MR) is 68.7 cm³/mol. The van der Waals surface area contributed by atoms with Gasteiger partial charge in [0.2, 0.25) is 0 Å². The van der Waals surface area contributed by atoms with Crippen molar-refractivity contribution < 1.29 is 0 Å². The van der Waals surface area contributed by atoms with Crippen LogP contribution in [-0.2, 0) is 0 Å². The second kappa shape index (κ2) is 5.59. The van der Waals surface area contributed by atoms with Crippen LogP contribution in [0.1, 0.15) is 12.8 Å². The number of hydrogen-bond acceptors (Lipinski definition) is 4. The summed E-state index contributed by atoms with van der Waals surface area (Å²) in [5, 5.41) is 0. The average Bonchev–Trinajstić information content (AvgIpc) is 2.78. The second-order valence-electron chi connectivity index (χ2n) is 4.17. The third kappa shape index (κ3) is 3.15. The maximum absolute atomic E-state index is 4.25. The van der Waals surface area contributed by atoms with E-state index in [-0.39, 0.29) is 0 Å². The molecule has 1 aromatic heterocycles. The molecule has 1 aliphatic rings. The Morgan fingerprint density at radius 3 is 2.81 bits per heavy atom. The summed E-state index contributed by atoms with van der Waals surface area (Å²) in [6.45, 7) is 4.64. The number of likely N-dealkylation sites (tertiary alicyclic amines) is 1. The highest BCUT2D eigenvalue weighted by atomic mass is 79.9. The van der Waals surface area contributed by atoms with E-state index >= 15 is 0 Å². The predicted octanol–water partition coefficient (Wildman–Crippen LogP) is 1.77. The van der Waals surface area contributed by atoms with Crippen molar-refractivity contribution >= 4 is 21.7 Å². The smallest absolute Gasteiger partial charge is 0.132 e. The minimum Gasteiger partial charge on any atom is -0.358 e. The van der Waals surface area contributed by atoms with Crippen LogP contribution in [0.5, 0.6) is 0 Å². The molecule has 5 heteroatoms. The molecule has 0 unspecified atom stereocenters. The van der Waals surface area contributed by atoms with Crippen molar-refractivity contribution in [1.29, 1.82) is 0 Å². The lowest BCUT2D eigenvalue weighted by Gasteiger charge is -2.22. The molecule has 88 valence electrons. The summed E-state index contributed by atoms with van der Waals surface area (Å²) < 4.78 is 0.838. The van der Waals surface area contributed by atoms with Crippen LogP contribution < -0.4 is 4.90 Å². The first kappa shape index (κ1) is 11.8. The van der Waals surface area contributed by atoms with Crippen LogP contribution in [0.2, 0.25) is 0 Å². The van der Waals surface area contributed by atoms with Gasteiger partial charge in [-0.15, -0.1) is 0 Å². The highest BCUT2D eigenvalue weighted by Gasteiger charge is 2.12. The minimum absolute atomic E-state index is 0.838. The van der Waals surface area contributed by atoms with Gasteiger partial charge in [-0.3, -0.25) is 0 Å². The van der Waals surface area contributed by atoms with Gasteiger partial charge in [0, 0.05) is 26.2 Å². The largest absolute Gasteiger partial charge is 0.358 e. The van der Waals surface area contributed by atoms with Crippen LogP contribution in [0.3, 0.4) is 0 Å². The zero-order valence-electron chi connectivity index (χ0n) is 9.56. The summed E-state index contributed by atoms with van der Waals surface area (Å²) in [7, 11) is 2.07. The molecule has 0 radical (unpaired) electrons. The third-order valence-corrected chi connectivity index (χ3v) is 3.39. The van der Waals surface area contributed by atoms with Crippen LogP contribution in [0.4, 0.5) is 5.82 Å². The number of likely N-dealkylation sites (N-methyl/N-ethyl adjacent to an activating group) is 1. The van der Waals surface area contributed by atoms with Crippen LogP contribution in [0, 0.1) is 0 Å². The van der Waals surface area contributed by atoms with Crippen LogP contribution in [0.15, 0.2) is 17.0 Å². The van der Waals surface area contributed by atoms with Gasteiger partial charge < -0.3 is 9.80 Å². The topological polar surface area (TPSA) is 32.3 Å². The summed E-state index contributed by atoms with van der Waals surface area (Å²) in [6, 6.07) is 1.95. The van der Waals surface area contributed by atoms with E-state index in [1.54, 1.807) is 6.33 Å². The Kier molecular flexibility index (Phi) is 4.12. The van der Waals surface area contributed by atoms with Crippen LogP contribution in [-0.4, -0.2) is 48.1 Å². The number of hydrogen-bond donors (Lipinski definition) is 0. The number of aromatic nitrogens is 2. The summed E-state index contributed by atoms with van der Waals surface area (Å²) in [5.74, 6) is 0.973. The van der Waals surface area contributed by atoms with Crippen molar-refractivity contribution in [2.24, 2.45) is 0 Å². The fourth-order valence-corrected chi connectivity index (χ4v) is 2.24. The number of anilines is 1. The standard InChI is InChI=1S/C11H17BrN4/c1-15(6-7-16-4-2-3-5-16)11-8-10(12)13-9-14-11/h8-9H,2-7H2,1H3. The fourth-order valence-electron chi connectivity index (χ4n) is 1.95. The molecule has 16 heavy (non-hydrogen) atoms. The van der Waals surface area contributed by atoms with E-state index in [2.05, 4.69) is 42.7 Å². The number of halogens is 1. The molecule has 0 bridgehead atoms. The Morgan fingerprint density at radius 2 is 2.12 bits per heavy atom. The molecule has 0 amide bonds. The van der Waals surface area contributed by atoms with Crippen LogP contribution in [0.25, 0.3) is 0 Å². The lowest BCUT2D eigenvalue weighted by atomic mass is 10.4. The van der Waals surface area contributed by atoms with Crippen molar-refractivity contribution in [2.45, 2.75) is 12.8 Å². The number of rotatable bonds is 4. The average molecular weight is 285 g/mol. The quantitative estimate of drug-likeness (QED) is 0.789. The lowest BCUT2D eigenvalue weighted by Crippen LogP contribution is -2.31. The van der Waals surface area contributed by atoms with Gasteiger partial charge in [-0.1, -0.05) is 0 Å². The van der Waals surface area contributed by atoms with Gasteiger partial charge in [-0.2, -0.15) is 0 Å². The van der Waals surface area contributed by atoms with Gasteiger partial charge in [0.1, 0.15) is 16.7 Å². The molecule has 1 aliphatic heterocycles. The van der Waals surface area contributed by atoms with E-state index in [9.17, 15) is 0 Å². The maximum atomic E-state index is 4.25. The maximum Gasteiger partial charge on any atom is 0.132 e.